The van der Waals surface area contributed by atoms with E-state index in [2.05, 4.69) is 56.1 Å². The second-order valence-electron chi connectivity index (χ2n) is 11.3. The van der Waals surface area contributed by atoms with E-state index >= 15 is 0 Å². The molecule has 8 heteroatoms. The number of likely N-dealkylation sites (tertiary alicyclic amines) is 1. The zero-order valence-corrected chi connectivity index (χ0v) is 23.1. The predicted octanol–water partition coefficient (Wildman–Crippen LogP) is 5.06. The first-order valence-electron chi connectivity index (χ1n) is 13.5. The van der Waals surface area contributed by atoms with E-state index in [9.17, 15) is 9.90 Å². The van der Waals surface area contributed by atoms with E-state index in [0.29, 0.717) is 6.54 Å². The monoisotopic (exact) mass is 514 g/mol. The molecule has 1 aliphatic rings. The Labute approximate surface area is 224 Å². The Morgan fingerprint density at radius 2 is 1.84 bits per heavy atom. The maximum absolute atomic E-state index is 12.6. The van der Waals surface area contributed by atoms with Crippen LogP contribution in [0.25, 0.3) is 11.0 Å². The van der Waals surface area contributed by atoms with Crippen molar-refractivity contribution >= 4 is 17.0 Å². The largest absolute Gasteiger partial charge is 0.481 e. The van der Waals surface area contributed by atoms with Crippen LogP contribution in [0, 0.1) is 19.3 Å². The molecule has 3 heterocycles. The third-order valence-electron chi connectivity index (χ3n) is 8.33. The molecule has 0 radical (unpaired) electrons. The quantitative estimate of drug-likeness (QED) is 0.354. The molecule has 200 valence electrons. The van der Waals surface area contributed by atoms with Gasteiger partial charge in [-0.05, 0) is 87.5 Å². The molecular formula is C30H38N6O2. The van der Waals surface area contributed by atoms with Crippen molar-refractivity contribution in [3.05, 3.63) is 76.4 Å². The Bertz CT molecular complexity index is 1460. The number of benzene rings is 2. The molecule has 1 atom stereocenters. The van der Waals surface area contributed by atoms with Gasteiger partial charge in [-0.3, -0.25) is 9.69 Å². The highest BCUT2D eigenvalue weighted by Crippen LogP contribution is 2.44. The van der Waals surface area contributed by atoms with Gasteiger partial charge in [0, 0.05) is 31.9 Å². The Hall–Kier alpha value is -3.52. The lowest BCUT2D eigenvalue weighted by Crippen LogP contribution is -2.32. The molecule has 0 spiro atoms. The molecule has 0 bridgehead atoms. The summed E-state index contributed by atoms with van der Waals surface area (Å²) >= 11 is 0. The van der Waals surface area contributed by atoms with Gasteiger partial charge >= 0.3 is 5.97 Å². The summed E-state index contributed by atoms with van der Waals surface area (Å²) in [5.41, 5.74) is 5.98. The summed E-state index contributed by atoms with van der Waals surface area (Å²) in [6.45, 7) is 11.6. The Morgan fingerprint density at radius 1 is 1.08 bits per heavy atom. The minimum atomic E-state index is -1.04. The summed E-state index contributed by atoms with van der Waals surface area (Å²) in [5.74, 6) is -0.119. The lowest BCUT2D eigenvalue weighted by atomic mass is 9.69. The number of piperidine rings is 1. The molecule has 4 aromatic rings. The molecule has 5 rings (SSSR count). The van der Waals surface area contributed by atoms with E-state index in [1.54, 1.807) is 4.68 Å². The fraction of sp³-hybridized carbons (Fsp3) is 0.467. The highest BCUT2D eigenvalue weighted by molar-refractivity contribution is 5.81. The van der Waals surface area contributed by atoms with Crippen molar-refractivity contribution in [3.63, 3.8) is 0 Å². The third-order valence-corrected chi connectivity index (χ3v) is 8.33. The Balaban J connectivity index is 1.53. The summed E-state index contributed by atoms with van der Waals surface area (Å²) in [6, 6.07) is 10.4. The number of rotatable bonds is 8. The molecule has 0 unspecified atom stereocenters. The molecule has 1 saturated heterocycles. The van der Waals surface area contributed by atoms with Gasteiger partial charge in [0.1, 0.15) is 11.3 Å². The minimum absolute atomic E-state index is 0.360. The minimum Gasteiger partial charge on any atom is -0.481 e. The average molecular weight is 515 g/mol. The first kappa shape index (κ1) is 26.1. The molecule has 0 amide bonds. The number of nitrogens with zero attached hydrogens (tertiary/aromatic N) is 6. The van der Waals surface area contributed by atoms with Crippen molar-refractivity contribution in [1.82, 2.24) is 29.4 Å². The smallest absolute Gasteiger partial charge is 0.310 e. The average Bonchev–Trinajstić information content (AvgIpc) is 3.49. The Morgan fingerprint density at radius 3 is 2.58 bits per heavy atom. The predicted molar refractivity (Wildman–Crippen MR) is 148 cm³/mol. The van der Waals surface area contributed by atoms with Gasteiger partial charge < -0.3 is 9.67 Å². The second kappa shape index (κ2) is 10.3. The zero-order chi connectivity index (χ0) is 27.0. The Kier molecular flexibility index (Phi) is 7.09. The number of carboxylic acids is 1. The number of aliphatic carboxylic acids is 1. The molecule has 2 aromatic heterocycles. The van der Waals surface area contributed by atoms with E-state index in [0.717, 1.165) is 53.2 Å². The van der Waals surface area contributed by atoms with Crippen molar-refractivity contribution in [1.29, 1.82) is 0 Å². The first-order valence-corrected chi connectivity index (χ1v) is 13.5. The molecule has 1 N–H and O–H groups in total. The second-order valence-corrected chi connectivity index (χ2v) is 11.3. The number of hydrogen-bond donors (Lipinski definition) is 1. The number of carbonyl (C=O) groups is 1. The number of fused-ring (bicyclic) bond motifs is 1. The lowest BCUT2D eigenvalue weighted by Gasteiger charge is -2.33. The van der Waals surface area contributed by atoms with Gasteiger partial charge in [-0.15, -0.1) is 5.10 Å². The number of carboxylic acid groups (broad SMARTS) is 1. The number of imidazole rings is 1. The van der Waals surface area contributed by atoms with Crippen molar-refractivity contribution in [2.24, 2.45) is 12.5 Å². The van der Waals surface area contributed by atoms with Crippen LogP contribution in [-0.2, 0) is 24.9 Å². The zero-order valence-electron chi connectivity index (χ0n) is 23.1. The number of aromatic nitrogens is 5. The van der Waals surface area contributed by atoms with E-state index in [1.807, 2.05) is 46.1 Å². The van der Waals surface area contributed by atoms with Gasteiger partial charge in [0.2, 0.25) is 0 Å². The van der Waals surface area contributed by atoms with Crippen molar-refractivity contribution in [3.8, 4) is 0 Å². The first-order chi connectivity index (χ1) is 18.2. The van der Waals surface area contributed by atoms with Crippen LogP contribution in [0.2, 0.25) is 0 Å². The lowest BCUT2D eigenvalue weighted by molar-refractivity contribution is -0.147. The van der Waals surface area contributed by atoms with Crippen molar-refractivity contribution in [2.45, 2.75) is 66.0 Å². The SMILES string of the molecule is Cc1ccc([C@@H](c2ccc3c(nnn3C)c2C)C(C)(C)C(=O)O)cc1Cn1ccnc1CN1CCCCC1. The number of hydrogen-bond acceptors (Lipinski definition) is 5. The van der Waals surface area contributed by atoms with E-state index in [4.69, 9.17) is 0 Å². The fourth-order valence-corrected chi connectivity index (χ4v) is 5.85. The highest BCUT2D eigenvalue weighted by Gasteiger charge is 2.40. The van der Waals surface area contributed by atoms with Crippen LogP contribution < -0.4 is 0 Å². The maximum atomic E-state index is 12.6. The van der Waals surface area contributed by atoms with Crippen LogP contribution in [0.5, 0.6) is 0 Å². The van der Waals surface area contributed by atoms with Crippen LogP contribution in [0.4, 0.5) is 0 Å². The van der Waals surface area contributed by atoms with E-state index in [1.165, 1.54) is 30.4 Å². The van der Waals surface area contributed by atoms with E-state index < -0.39 is 11.4 Å². The van der Waals surface area contributed by atoms with Crippen molar-refractivity contribution < 1.29 is 9.90 Å². The van der Waals surface area contributed by atoms with E-state index in [-0.39, 0.29) is 5.92 Å². The maximum Gasteiger partial charge on any atom is 0.310 e. The van der Waals surface area contributed by atoms with Gasteiger partial charge in [-0.25, -0.2) is 9.67 Å². The number of aryl methyl sites for hydroxylation is 3. The van der Waals surface area contributed by atoms with Crippen molar-refractivity contribution in [2.75, 3.05) is 13.1 Å². The molecular weight excluding hydrogens is 476 g/mol. The summed E-state index contributed by atoms with van der Waals surface area (Å²) < 4.78 is 3.98. The fourth-order valence-electron chi connectivity index (χ4n) is 5.85. The highest BCUT2D eigenvalue weighted by atomic mass is 16.4. The summed E-state index contributed by atoms with van der Waals surface area (Å²) in [5, 5.41) is 18.9. The third kappa shape index (κ3) is 4.85. The van der Waals surface area contributed by atoms with Crippen LogP contribution in [0.1, 0.15) is 72.7 Å². The molecule has 38 heavy (non-hydrogen) atoms. The topological polar surface area (TPSA) is 89.1 Å². The van der Waals surface area contributed by atoms with Crippen LogP contribution in [-0.4, -0.2) is 53.6 Å². The summed E-state index contributed by atoms with van der Waals surface area (Å²) in [7, 11) is 1.87. The molecule has 1 aliphatic heterocycles. The normalized spacial score (nSPS) is 15.7. The van der Waals surface area contributed by atoms with Gasteiger partial charge in [-0.1, -0.05) is 35.9 Å². The van der Waals surface area contributed by atoms with Crippen LogP contribution in [0.3, 0.4) is 0 Å². The standard InChI is InChI=1S/C30H38N6O2/c1-20-9-10-22(17-23(20)18-36-16-13-31-26(36)19-35-14-7-6-8-15-35)27(30(3,4)29(37)38)24-11-12-25-28(21(24)2)32-33-34(25)5/h9-13,16-17,27H,6-8,14-15,18-19H2,1-5H3,(H,37,38)/t27-/m0/s1. The van der Waals surface area contributed by atoms with Gasteiger partial charge in [0.15, 0.2) is 0 Å². The van der Waals surface area contributed by atoms with Gasteiger partial charge in [-0.2, -0.15) is 0 Å². The summed E-state index contributed by atoms with van der Waals surface area (Å²) in [6.07, 6.45) is 7.75. The molecule has 8 nitrogen and oxygen atoms in total. The van der Waals surface area contributed by atoms with Crippen LogP contribution >= 0.6 is 0 Å². The molecule has 0 aliphatic carbocycles. The molecule has 1 fully saturated rings. The molecule has 2 aromatic carbocycles. The van der Waals surface area contributed by atoms with Gasteiger partial charge in [0.25, 0.3) is 0 Å². The summed E-state index contributed by atoms with van der Waals surface area (Å²) in [4.78, 5) is 19.7. The molecule has 0 saturated carbocycles. The van der Waals surface area contributed by atoms with Crippen LogP contribution in [0.15, 0.2) is 42.7 Å². The van der Waals surface area contributed by atoms with Gasteiger partial charge in [0.05, 0.1) is 17.5 Å².